The normalized spacial score (nSPS) is 17.4. The molecule has 0 fully saturated rings. The fraction of sp³-hybridized carbons (Fsp3) is 0.407. The van der Waals surface area contributed by atoms with Crippen LogP contribution in [0.3, 0.4) is 0 Å². The fourth-order valence-electron chi connectivity index (χ4n) is 4.60. The predicted octanol–water partition coefficient (Wildman–Crippen LogP) is 5.46. The van der Waals surface area contributed by atoms with Crippen molar-refractivity contribution in [3.05, 3.63) is 69.7 Å². The molecule has 13 heteroatoms. The SMILES string of the molecule is Cc1ccccc1C1=N[C@H](NC(=O)[C@H](CCC(F)(F)F)[C@H](CCC(F)(F)F)C(N)=O)C(=O)Cc2c(Cl)cccc21. The van der Waals surface area contributed by atoms with Crippen molar-refractivity contribution in [2.45, 2.75) is 57.5 Å². The average Bonchev–Trinajstić information content (AvgIpc) is 2.97. The summed E-state index contributed by atoms with van der Waals surface area (Å²) in [5.74, 6) is -7.01. The lowest BCUT2D eigenvalue weighted by Gasteiger charge is -2.26. The fourth-order valence-corrected chi connectivity index (χ4v) is 4.85. The lowest BCUT2D eigenvalue weighted by Crippen LogP contribution is -2.47. The maximum Gasteiger partial charge on any atom is 0.389 e. The second kappa shape index (κ2) is 12.4. The summed E-state index contributed by atoms with van der Waals surface area (Å²) in [7, 11) is 0. The average molecular weight is 590 g/mol. The summed E-state index contributed by atoms with van der Waals surface area (Å²) in [5, 5.41) is 2.53. The zero-order valence-electron chi connectivity index (χ0n) is 21.2. The maximum absolute atomic E-state index is 13.3. The van der Waals surface area contributed by atoms with Gasteiger partial charge >= 0.3 is 12.4 Å². The van der Waals surface area contributed by atoms with E-state index < -0.39 is 73.6 Å². The van der Waals surface area contributed by atoms with E-state index in [4.69, 9.17) is 17.3 Å². The molecule has 6 nitrogen and oxygen atoms in total. The Bertz CT molecular complexity index is 1310. The molecular formula is C27H26ClF6N3O3. The largest absolute Gasteiger partial charge is 0.389 e. The molecule has 0 radical (unpaired) electrons. The number of alkyl halides is 6. The molecule has 2 aromatic carbocycles. The number of nitrogens with zero attached hydrogens (tertiary/aromatic N) is 1. The highest BCUT2D eigenvalue weighted by atomic mass is 35.5. The van der Waals surface area contributed by atoms with E-state index in [2.05, 4.69) is 10.3 Å². The molecule has 1 aliphatic heterocycles. The van der Waals surface area contributed by atoms with Crippen LogP contribution < -0.4 is 11.1 Å². The molecule has 0 aliphatic carbocycles. The van der Waals surface area contributed by atoms with Crippen LogP contribution in [0.1, 0.15) is 47.9 Å². The highest BCUT2D eigenvalue weighted by Gasteiger charge is 2.40. The molecule has 0 unspecified atom stereocenters. The van der Waals surface area contributed by atoms with Crippen LogP contribution in [-0.2, 0) is 20.8 Å². The third kappa shape index (κ3) is 8.06. The maximum atomic E-state index is 13.3. The van der Waals surface area contributed by atoms with Crippen LogP contribution in [0.5, 0.6) is 0 Å². The van der Waals surface area contributed by atoms with Gasteiger partial charge in [0.1, 0.15) is 0 Å². The number of carbonyl (C=O) groups is 3. The van der Waals surface area contributed by atoms with E-state index in [1.54, 1.807) is 49.4 Å². The first kappa shape index (κ1) is 31.1. The minimum absolute atomic E-state index is 0.253. The van der Waals surface area contributed by atoms with E-state index in [0.717, 1.165) is 5.56 Å². The van der Waals surface area contributed by atoms with Crippen LogP contribution in [0.4, 0.5) is 26.3 Å². The van der Waals surface area contributed by atoms with Crippen molar-refractivity contribution < 1.29 is 40.7 Å². The van der Waals surface area contributed by atoms with E-state index >= 15 is 0 Å². The molecule has 40 heavy (non-hydrogen) atoms. The van der Waals surface area contributed by atoms with E-state index in [9.17, 15) is 40.7 Å². The molecular weight excluding hydrogens is 564 g/mol. The van der Waals surface area contributed by atoms with E-state index in [1.807, 2.05) is 0 Å². The first-order chi connectivity index (χ1) is 18.6. The molecule has 1 heterocycles. The number of nitrogens with one attached hydrogen (secondary N) is 1. The summed E-state index contributed by atoms with van der Waals surface area (Å²) >= 11 is 6.36. The number of nitrogens with two attached hydrogens (primary N) is 1. The number of Topliss-reactive ketones (excluding diaryl/α,β-unsaturated/α-hetero) is 1. The first-order valence-electron chi connectivity index (χ1n) is 12.2. The number of halogens is 7. The van der Waals surface area contributed by atoms with Gasteiger partial charge in [-0.15, -0.1) is 0 Å². The number of primary amides is 1. The standard InChI is InChI=1S/C27H26ClF6N3O3/c1-14-5-2-3-6-15(14)22-16-7-4-8-20(28)19(16)13-21(38)24(36-22)37-25(40)18(10-12-27(32,33)34)17(23(35)39)9-11-26(29,30)31/h2-8,17-18,24H,9-13H2,1H3,(H2,35,39)(H,37,40)/t17-,18+,24+/m0/s1. The number of aryl methyl sites for hydroxylation is 1. The van der Waals surface area contributed by atoms with Crippen molar-refractivity contribution in [3.63, 3.8) is 0 Å². The lowest BCUT2D eigenvalue weighted by molar-refractivity contribution is -0.152. The van der Waals surface area contributed by atoms with Crippen molar-refractivity contribution in [2.24, 2.45) is 22.6 Å². The summed E-state index contributed by atoms with van der Waals surface area (Å²) in [5.41, 5.74) is 7.79. The van der Waals surface area contributed by atoms with Gasteiger partial charge in [0.15, 0.2) is 11.9 Å². The van der Waals surface area contributed by atoms with Gasteiger partial charge < -0.3 is 11.1 Å². The second-order valence-electron chi connectivity index (χ2n) is 9.54. The molecule has 2 aromatic rings. The first-order valence-corrected chi connectivity index (χ1v) is 12.6. The van der Waals surface area contributed by atoms with Gasteiger partial charge in [0.2, 0.25) is 11.8 Å². The third-order valence-electron chi connectivity index (χ3n) is 6.63. The smallest absolute Gasteiger partial charge is 0.369 e. The Labute approximate surface area is 231 Å². The molecule has 216 valence electrons. The van der Waals surface area contributed by atoms with Crippen LogP contribution in [0.2, 0.25) is 5.02 Å². The van der Waals surface area contributed by atoms with E-state index in [0.29, 0.717) is 16.7 Å². The van der Waals surface area contributed by atoms with Gasteiger partial charge in [-0.3, -0.25) is 19.4 Å². The molecule has 3 atom stereocenters. The molecule has 3 rings (SSSR count). The van der Waals surface area contributed by atoms with Crippen LogP contribution in [0.25, 0.3) is 0 Å². The topological polar surface area (TPSA) is 102 Å². The number of ketones is 1. The summed E-state index contributed by atoms with van der Waals surface area (Å²) in [4.78, 5) is 43.0. The Balaban J connectivity index is 2.03. The quantitative estimate of drug-likeness (QED) is 0.380. The number of benzene rings is 2. The van der Waals surface area contributed by atoms with Crippen molar-refractivity contribution >= 4 is 34.9 Å². The van der Waals surface area contributed by atoms with Gasteiger partial charge in [0.25, 0.3) is 0 Å². The third-order valence-corrected chi connectivity index (χ3v) is 6.99. The van der Waals surface area contributed by atoms with Gasteiger partial charge in [-0.2, -0.15) is 26.3 Å². The van der Waals surface area contributed by atoms with Gasteiger partial charge in [-0.25, -0.2) is 0 Å². The number of amides is 2. The molecule has 3 N–H and O–H groups in total. The number of hydrogen-bond donors (Lipinski definition) is 2. The van der Waals surface area contributed by atoms with Crippen LogP contribution in [0.15, 0.2) is 47.5 Å². The molecule has 0 spiro atoms. The Morgan fingerprint density at radius 1 is 0.975 bits per heavy atom. The number of rotatable bonds is 9. The second-order valence-corrected chi connectivity index (χ2v) is 9.94. The van der Waals surface area contributed by atoms with E-state index in [-0.39, 0.29) is 17.2 Å². The van der Waals surface area contributed by atoms with Gasteiger partial charge in [-0.05, 0) is 37.0 Å². The van der Waals surface area contributed by atoms with Gasteiger partial charge in [0.05, 0.1) is 5.71 Å². The zero-order valence-corrected chi connectivity index (χ0v) is 22.0. The van der Waals surface area contributed by atoms with Crippen molar-refractivity contribution in [1.82, 2.24) is 5.32 Å². The molecule has 0 bridgehead atoms. The Hall–Kier alpha value is -3.41. The highest BCUT2D eigenvalue weighted by Crippen LogP contribution is 2.33. The lowest BCUT2D eigenvalue weighted by atomic mass is 9.83. The van der Waals surface area contributed by atoms with Crippen molar-refractivity contribution in [3.8, 4) is 0 Å². The predicted molar refractivity (Wildman–Crippen MR) is 136 cm³/mol. The zero-order chi connectivity index (χ0) is 29.8. The minimum atomic E-state index is -4.77. The molecule has 1 aliphatic rings. The number of carbonyl (C=O) groups excluding carboxylic acids is 3. The Morgan fingerprint density at radius 3 is 2.12 bits per heavy atom. The van der Waals surface area contributed by atoms with Crippen LogP contribution in [0, 0.1) is 18.8 Å². The van der Waals surface area contributed by atoms with Crippen LogP contribution in [-0.4, -0.2) is 41.8 Å². The summed E-state index contributed by atoms with van der Waals surface area (Å²) in [6, 6.07) is 11.9. The Morgan fingerprint density at radius 2 is 1.55 bits per heavy atom. The summed E-state index contributed by atoms with van der Waals surface area (Å²) in [6.45, 7) is 1.79. The number of hydrogen-bond acceptors (Lipinski definition) is 4. The number of aliphatic imine (C=N–C) groups is 1. The van der Waals surface area contributed by atoms with E-state index in [1.165, 1.54) is 0 Å². The van der Waals surface area contributed by atoms with Crippen molar-refractivity contribution in [2.75, 3.05) is 0 Å². The Kier molecular flexibility index (Phi) is 9.65. The minimum Gasteiger partial charge on any atom is -0.369 e. The molecule has 0 aromatic heterocycles. The molecule has 0 saturated heterocycles. The van der Waals surface area contributed by atoms with Crippen molar-refractivity contribution in [1.29, 1.82) is 0 Å². The number of fused-ring (bicyclic) bond motifs is 1. The summed E-state index contributed by atoms with van der Waals surface area (Å²) in [6.07, 6.45) is -16.5. The van der Waals surface area contributed by atoms with Gasteiger partial charge in [0, 0.05) is 47.2 Å². The van der Waals surface area contributed by atoms with Gasteiger partial charge in [-0.1, -0.05) is 48.0 Å². The monoisotopic (exact) mass is 589 g/mol. The summed E-state index contributed by atoms with van der Waals surface area (Å²) < 4.78 is 77.8. The highest BCUT2D eigenvalue weighted by molar-refractivity contribution is 6.32. The molecule has 0 saturated carbocycles. The molecule has 2 amide bonds. The van der Waals surface area contributed by atoms with Crippen LogP contribution >= 0.6 is 11.6 Å².